The van der Waals surface area contributed by atoms with Gasteiger partial charge in [0.05, 0.1) is 33.0 Å². The van der Waals surface area contributed by atoms with Gasteiger partial charge in [-0.1, -0.05) is 6.42 Å². The highest BCUT2D eigenvalue weighted by Crippen LogP contribution is 2.64. The van der Waals surface area contributed by atoms with Crippen molar-refractivity contribution >= 4 is 7.82 Å². The number of phosphoric acid groups is 1. The van der Waals surface area contributed by atoms with E-state index < -0.39 is 87.7 Å². The Hall–Kier alpha value is -1.24. The van der Waals surface area contributed by atoms with Crippen molar-refractivity contribution in [3.05, 3.63) is 0 Å². The molecular formula is C21H26F17N2O6P. The van der Waals surface area contributed by atoms with Crippen molar-refractivity contribution in [1.29, 1.82) is 0 Å². The van der Waals surface area contributed by atoms with E-state index in [2.05, 4.69) is 0 Å². The van der Waals surface area contributed by atoms with Gasteiger partial charge in [-0.15, -0.1) is 0 Å². The molecule has 2 heterocycles. The van der Waals surface area contributed by atoms with E-state index in [9.17, 15) is 79.2 Å². The van der Waals surface area contributed by atoms with Gasteiger partial charge in [-0.3, -0.25) is 4.52 Å². The molecule has 26 heteroatoms. The number of hydrogen-bond acceptors (Lipinski definition) is 8. The van der Waals surface area contributed by atoms with Crippen LogP contribution < -0.4 is 0 Å². The summed E-state index contributed by atoms with van der Waals surface area (Å²) in [7, 11) is -4.52. The number of unbranched alkanes of at least 4 members (excludes halogenated alkanes) is 2. The number of morpholine rings is 2. The van der Waals surface area contributed by atoms with E-state index in [1.165, 1.54) is 0 Å². The minimum atomic E-state index is -8.67. The summed E-state index contributed by atoms with van der Waals surface area (Å²) in [5.74, 6) is -56.5. The Balaban J connectivity index is 2.08. The smallest absolute Gasteiger partial charge is 0.379 e. The average Bonchev–Trinajstić information content (AvgIpc) is 2.94. The number of hydroxylamine groups is 4. The van der Waals surface area contributed by atoms with Gasteiger partial charge in [-0.2, -0.15) is 94.0 Å². The normalized spacial score (nSPS) is 19.8. The summed E-state index contributed by atoms with van der Waals surface area (Å²) in [5.41, 5.74) is 0. The maximum Gasteiger partial charge on any atom is 0.508 e. The second kappa shape index (κ2) is 14.5. The van der Waals surface area contributed by atoms with Gasteiger partial charge >= 0.3 is 55.5 Å². The summed E-state index contributed by atoms with van der Waals surface area (Å²) >= 11 is 0. The molecule has 0 bridgehead atoms. The second-order valence-electron chi connectivity index (χ2n) is 9.99. The van der Waals surface area contributed by atoms with Crippen LogP contribution >= 0.6 is 7.82 Å². The molecule has 0 aliphatic carbocycles. The van der Waals surface area contributed by atoms with Crippen LogP contribution in [0.15, 0.2) is 0 Å². The minimum absolute atomic E-state index is 0.0845. The lowest BCUT2D eigenvalue weighted by molar-refractivity contribution is -0.461. The topological polar surface area (TPSA) is 69.7 Å². The zero-order chi connectivity index (χ0) is 36.4. The maximum atomic E-state index is 14.1. The molecule has 2 saturated heterocycles. The highest BCUT2D eigenvalue weighted by atomic mass is 31.2. The van der Waals surface area contributed by atoms with Crippen molar-refractivity contribution in [1.82, 2.24) is 10.1 Å². The van der Waals surface area contributed by atoms with Gasteiger partial charge in [0.2, 0.25) is 0 Å². The van der Waals surface area contributed by atoms with E-state index in [4.69, 9.17) is 23.2 Å². The molecule has 2 rings (SSSR count). The number of nitrogens with zero attached hydrogens (tertiary/aromatic N) is 2. The lowest BCUT2D eigenvalue weighted by Crippen LogP contribution is -2.74. The Bertz CT molecular complexity index is 1040. The number of ether oxygens (including phenoxy) is 2. The molecule has 0 spiro atoms. The Kier molecular flexibility index (Phi) is 13.0. The molecular weight excluding hydrogens is 730 g/mol. The summed E-state index contributed by atoms with van der Waals surface area (Å²) in [6.07, 6.45) is -13.0. The van der Waals surface area contributed by atoms with E-state index in [1.54, 1.807) is 0 Å². The molecule has 2 fully saturated rings. The van der Waals surface area contributed by atoms with Crippen LogP contribution in [-0.2, 0) is 27.8 Å². The van der Waals surface area contributed by atoms with Crippen LogP contribution in [0, 0.1) is 0 Å². The van der Waals surface area contributed by atoms with Crippen LogP contribution in [0.4, 0.5) is 74.6 Å². The first kappa shape index (κ1) is 41.9. The summed E-state index contributed by atoms with van der Waals surface area (Å²) in [6.45, 7) is 0.174. The molecule has 8 nitrogen and oxygen atoms in total. The summed E-state index contributed by atoms with van der Waals surface area (Å²) in [4.78, 5) is 0. The first-order valence-electron chi connectivity index (χ1n) is 13.1. The molecule has 0 atom stereocenters. The van der Waals surface area contributed by atoms with Gasteiger partial charge in [-0.05, 0) is 12.8 Å². The highest BCUT2D eigenvalue weighted by Gasteiger charge is 2.95. The summed E-state index contributed by atoms with van der Waals surface area (Å²) in [5, 5.41) is 2.26. The summed E-state index contributed by atoms with van der Waals surface area (Å²) in [6, 6.07) is 0. The fourth-order valence-corrected chi connectivity index (χ4v) is 5.13. The first-order chi connectivity index (χ1) is 21.1. The predicted molar refractivity (Wildman–Crippen MR) is 120 cm³/mol. The molecule has 280 valence electrons. The van der Waals surface area contributed by atoms with Crippen LogP contribution in [0.25, 0.3) is 0 Å². The van der Waals surface area contributed by atoms with Gasteiger partial charge in [-0.25, -0.2) is 4.57 Å². The van der Waals surface area contributed by atoms with Crippen molar-refractivity contribution in [2.75, 3.05) is 59.2 Å². The number of rotatable bonds is 17. The SMILES string of the molecule is O=P(OCCCCCC(F)(F)C(F)(F)C(F)(F)C(F)(F)C(F)(F)C(F)(F)C(F)(F)C(F)(F)F)(ON1CCOCC1)ON1CCOCC1. The van der Waals surface area contributed by atoms with Crippen molar-refractivity contribution in [2.24, 2.45) is 0 Å². The fourth-order valence-electron chi connectivity index (χ4n) is 3.76. The molecule has 0 aromatic rings. The lowest BCUT2D eigenvalue weighted by Gasteiger charge is -2.42. The molecule has 0 saturated carbocycles. The largest absolute Gasteiger partial charge is 0.508 e. The zero-order valence-corrected chi connectivity index (χ0v) is 24.3. The lowest BCUT2D eigenvalue weighted by atomic mass is 9.88. The molecule has 0 amide bonds. The Morgan fingerprint density at radius 2 is 0.872 bits per heavy atom. The minimum Gasteiger partial charge on any atom is -0.379 e. The standard InChI is InChI=1S/C21H26F17N2O6P/c22-14(23,15(24,25)16(26,27)17(28,29)18(30,31)19(32,33)20(34,35)21(36,37)38)4-2-1-3-9-44-47(41,45-39-5-10-42-11-6-39)46-40-7-12-43-13-8-40/h1-13H2. The second-order valence-corrected chi connectivity index (χ2v) is 11.5. The van der Waals surface area contributed by atoms with Gasteiger partial charge in [0, 0.05) is 32.6 Å². The third-order valence-electron chi connectivity index (χ3n) is 6.54. The van der Waals surface area contributed by atoms with Crippen molar-refractivity contribution in [3.8, 4) is 0 Å². The van der Waals surface area contributed by atoms with Crippen LogP contribution in [0.5, 0.6) is 0 Å². The van der Waals surface area contributed by atoms with Gasteiger partial charge in [0.15, 0.2) is 0 Å². The van der Waals surface area contributed by atoms with Gasteiger partial charge < -0.3 is 9.47 Å². The molecule has 0 aromatic carbocycles. The number of halogens is 17. The Morgan fingerprint density at radius 3 is 1.26 bits per heavy atom. The van der Waals surface area contributed by atoms with Crippen LogP contribution in [0.2, 0.25) is 0 Å². The predicted octanol–water partition coefficient (Wildman–Crippen LogP) is 7.21. The third-order valence-corrected chi connectivity index (χ3v) is 7.90. The maximum absolute atomic E-state index is 14.1. The van der Waals surface area contributed by atoms with E-state index >= 15 is 0 Å². The van der Waals surface area contributed by atoms with Crippen molar-refractivity contribution < 1.29 is 102 Å². The number of alkyl halides is 17. The third kappa shape index (κ3) is 8.39. The van der Waals surface area contributed by atoms with Gasteiger partial charge in [0.1, 0.15) is 0 Å². The Morgan fingerprint density at radius 1 is 0.511 bits per heavy atom. The van der Waals surface area contributed by atoms with E-state index in [0.29, 0.717) is 0 Å². The monoisotopic (exact) mass is 756 g/mol. The van der Waals surface area contributed by atoms with Gasteiger partial charge in [0.25, 0.3) is 0 Å². The Labute approximate surface area is 253 Å². The molecule has 0 aromatic heterocycles. The highest BCUT2D eigenvalue weighted by molar-refractivity contribution is 7.48. The van der Waals surface area contributed by atoms with Crippen LogP contribution in [-0.4, -0.2) is 117 Å². The van der Waals surface area contributed by atoms with Crippen molar-refractivity contribution in [2.45, 2.75) is 73.3 Å². The van der Waals surface area contributed by atoms with E-state index in [0.717, 1.165) is 10.1 Å². The first-order valence-corrected chi connectivity index (χ1v) is 14.6. The quantitative estimate of drug-likeness (QED) is 0.0878. The summed E-state index contributed by atoms with van der Waals surface area (Å²) < 4.78 is 266. The van der Waals surface area contributed by atoms with E-state index in [-0.39, 0.29) is 52.6 Å². The van der Waals surface area contributed by atoms with Crippen LogP contribution in [0.1, 0.15) is 25.7 Å². The molecule has 2 aliphatic rings. The van der Waals surface area contributed by atoms with Crippen LogP contribution in [0.3, 0.4) is 0 Å². The van der Waals surface area contributed by atoms with E-state index in [1.807, 2.05) is 0 Å². The fraction of sp³-hybridized carbons (Fsp3) is 1.00. The molecule has 2 aliphatic heterocycles. The molecule has 0 radical (unpaired) electrons. The average molecular weight is 756 g/mol. The van der Waals surface area contributed by atoms with Crippen molar-refractivity contribution in [3.63, 3.8) is 0 Å². The molecule has 0 N–H and O–H groups in total. The molecule has 47 heavy (non-hydrogen) atoms. The molecule has 0 unspecified atom stereocenters. The zero-order valence-electron chi connectivity index (χ0n) is 23.4. The number of hydrogen-bond donors (Lipinski definition) is 0.